The maximum Gasteiger partial charge on any atom is 0.261 e. The number of rotatable bonds is 3. The molecule has 0 amide bonds. The summed E-state index contributed by atoms with van der Waals surface area (Å²) in [5.74, 6) is 0. The molecule has 1 aromatic carbocycles. The van der Waals surface area contributed by atoms with Crippen LogP contribution in [0.15, 0.2) is 41.7 Å². The molecule has 1 aromatic heterocycles. The van der Waals surface area contributed by atoms with Crippen LogP contribution in [-0.4, -0.2) is 18.0 Å². The summed E-state index contributed by atoms with van der Waals surface area (Å²) in [6.07, 6.45) is 5.64. The van der Waals surface area contributed by atoms with E-state index in [1.165, 1.54) is 6.07 Å². The first-order valence-corrected chi connectivity index (χ1v) is 7.94. The highest BCUT2D eigenvalue weighted by atomic mass is 35.7. The third-order valence-electron chi connectivity index (χ3n) is 3.03. The molecule has 0 spiro atoms. The first-order valence-electron chi connectivity index (χ1n) is 5.63. The fourth-order valence-corrected chi connectivity index (χ4v) is 3.13. The summed E-state index contributed by atoms with van der Waals surface area (Å²) in [5.41, 5.74) is 1.41. The number of imidazole rings is 1. The molecule has 6 heteroatoms. The van der Waals surface area contributed by atoms with Crippen LogP contribution in [0.4, 0.5) is 0 Å². The van der Waals surface area contributed by atoms with Crippen molar-refractivity contribution in [2.75, 3.05) is 0 Å². The van der Waals surface area contributed by atoms with E-state index in [1.807, 2.05) is 4.57 Å². The number of aromatic nitrogens is 2. The summed E-state index contributed by atoms with van der Waals surface area (Å²) in [4.78, 5) is 4.24. The molecular weight excluding hydrogens is 272 g/mol. The van der Waals surface area contributed by atoms with Crippen molar-refractivity contribution in [1.29, 1.82) is 0 Å². The van der Waals surface area contributed by atoms with Crippen molar-refractivity contribution in [3.8, 4) is 11.3 Å². The Balaban J connectivity index is 2.20. The van der Waals surface area contributed by atoms with Crippen LogP contribution in [0.5, 0.6) is 0 Å². The van der Waals surface area contributed by atoms with Crippen molar-refractivity contribution in [1.82, 2.24) is 9.55 Å². The van der Waals surface area contributed by atoms with Crippen molar-refractivity contribution >= 4 is 19.7 Å². The number of benzene rings is 1. The lowest BCUT2D eigenvalue weighted by molar-refractivity contribution is 0.609. The van der Waals surface area contributed by atoms with Gasteiger partial charge in [0, 0.05) is 22.3 Å². The fourth-order valence-electron chi connectivity index (χ4n) is 2.05. The standard InChI is InChI=1S/C12H11ClN2O2S/c13-18(16,17)12-4-2-1-3-10(12)11-7-14-8-15(11)9-5-6-9/h1-4,7-9H,5-6H2. The minimum Gasteiger partial charge on any atom is -0.327 e. The van der Waals surface area contributed by atoms with Crippen LogP contribution in [0.3, 0.4) is 0 Å². The van der Waals surface area contributed by atoms with Gasteiger partial charge in [0.2, 0.25) is 0 Å². The molecule has 0 bridgehead atoms. The Morgan fingerprint density at radius 3 is 2.67 bits per heavy atom. The van der Waals surface area contributed by atoms with Crippen molar-refractivity contribution < 1.29 is 8.42 Å². The quantitative estimate of drug-likeness (QED) is 0.814. The lowest BCUT2D eigenvalue weighted by atomic mass is 10.1. The number of hydrogen-bond donors (Lipinski definition) is 0. The lowest BCUT2D eigenvalue weighted by Crippen LogP contribution is -1.99. The Morgan fingerprint density at radius 1 is 1.28 bits per heavy atom. The molecule has 2 aromatic rings. The Labute approximate surface area is 110 Å². The van der Waals surface area contributed by atoms with Gasteiger partial charge >= 0.3 is 0 Å². The zero-order valence-corrected chi connectivity index (χ0v) is 11.0. The second kappa shape index (κ2) is 4.10. The molecule has 1 heterocycles. The second-order valence-electron chi connectivity index (χ2n) is 4.35. The van der Waals surface area contributed by atoms with Crippen molar-refractivity contribution in [2.24, 2.45) is 0 Å². The Hall–Kier alpha value is -1.33. The molecule has 94 valence electrons. The SMILES string of the molecule is O=S(=O)(Cl)c1ccccc1-c1cncn1C1CC1. The van der Waals surface area contributed by atoms with Gasteiger partial charge in [0.1, 0.15) is 0 Å². The number of nitrogens with zero attached hydrogens (tertiary/aromatic N) is 2. The maximum atomic E-state index is 11.6. The van der Waals surface area contributed by atoms with Crippen molar-refractivity contribution in [3.63, 3.8) is 0 Å². The minimum absolute atomic E-state index is 0.133. The van der Waals surface area contributed by atoms with Crippen LogP contribution in [0.25, 0.3) is 11.3 Å². The van der Waals surface area contributed by atoms with Gasteiger partial charge in [-0.15, -0.1) is 0 Å². The first kappa shape index (κ1) is 11.7. The summed E-state index contributed by atoms with van der Waals surface area (Å²) in [6, 6.07) is 7.17. The van der Waals surface area contributed by atoms with Gasteiger partial charge in [-0.05, 0) is 18.9 Å². The summed E-state index contributed by atoms with van der Waals surface area (Å²) < 4.78 is 25.2. The van der Waals surface area contributed by atoms with Crippen LogP contribution in [0, 0.1) is 0 Å². The average Bonchev–Trinajstić information content (AvgIpc) is 3.06. The highest BCUT2D eigenvalue weighted by Crippen LogP contribution is 2.39. The van der Waals surface area contributed by atoms with Gasteiger partial charge in [-0.1, -0.05) is 18.2 Å². The molecular formula is C12H11ClN2O2S. The molecule has 4 nitrogen and oxygen atoms in total. The summed E-state index contributed by atoms with van der Waals surface area (Å²) in [6.45, 7) is 0. The molecule has 1 aliphatic carbocycles. The first-order chi connectivity index (χ1) is 8.57. The second-order valence-corrected chi connectivity index (χ2v) is 6.89. The van der Waals surface area contributed by atoms with E-state index in [-0.39, 0.29) is 4.90 Å². The van der Waals surface area contributed by atoms with Crippen LogP contribution >= 0.6 is 10.7 Å². The molecule has 0 N–H and O–H groups in total. The van der Waals surface area contributed by atoms with Gasteiger partial charge in [0.15, 0.2) is 0 Å². The van der Waals surface area contributed by atoms with Crippen LogP contribution in [-0.2, 0) is 9.05 Å². The Morgan fingerprint density at radius 2 is 2.00 bits per heavy atom. The predicted octanol–water partition coefficient (Wildman–Crippen LogP) is 2.81. The van der Waals surface area contributed by atoms with Crippen LogP contribution in [0.1, 0.15) is 18.9 Å². The van der Waals surface area contributed by atoms with Crippen molar-refractivity contribution in [3.05, 3.63) is 36.8 Å². The highest BCUT2D eigenvalue weighted by molar-refractivity contribution is 8.13. The molecule has 1 aliphatic rings. The maximum absolute atomic E-state index is 11.6. The van der Waals surface area contributed by atoms with E-state index in [2.05, 4.69) is 4.98 Å². The van der Waals surface area contributed by atoms with E-state index >= 15 is 0 Å². The van der Waals surface area contributed by atoms with E-state index in [0.717, 1.165) is 18.5 Å². The minimum atomic E-state index is -3.75. The zero-order chi connectivity index (χ0) is 12.8. The van der Waals surface area contributed by atoms with Crippen LogP contribution < -0.4 is 0 Å². The predicted molar refractivity (Wildman–Crippen MR) is 69.0 cm³/mol. The smallest absolute Gasteiger partial charge is 0.261 e. The summed E-state index contributed by atoms with van der Waals surface area (Å²) in [7, 11) is 1.72. The van der Waals surface area contributed by atoms with E-state index in [1.54, 1.807) is 30.7 Å². The summed E-state index contributed by atoms with van der Waals surface area (Å²) in [5, 5.41) is 0. The molecule has 1 fully saturated rings. The number of hydrogen-bond acceptors (Lipinski definition) is 3. The largest absolute Gasteiger partial charge is 0.327 e. The summed E-state index contributed by atoms with van der Waals surface area (Å²) >= 11 is 0. The monoisotopic (exact) mass is 282 g/mol. The average molecular weight is 283 g/mol. The molecule has 0 saturated heterocycles. The molecule has 1 saturated carbocycles. The van der Waals surface area contributed by atoms with E-state index in [9.17, 15) is 8.42 Å². The molecule has 0 atom stereocenters. The van der Waals surface area contributed by atoms with Gasteiger partial charge < -0.3 is 4.57 Å². The third-order valence-corrected chi connectivity index (χ3v) is 4.41. The molecule has 0 unspecified atom stereocenters. The zero-order valence-electron chi connectivity index (χ0n) is 9.45. The lowest BCUT2D eigenvalue weighted by Gasteiger charge is -2.09. The van der Waals surface area contributed by atoms with Gasteiger partial charge in [0.25, 0.3) is 9.05 Å². The molecule has 0 radical (unpaired) electrons. The Kier molecular flexibility index (Phi) is 2.68. The third kappa shape index (κ3) is 2.04. The topological polar surface area (TPSA) is 52.0 Å². The molecule has 18 heavy (non-hydrogen) atoms. The van der Waals surface area contributed by atoms with Gasteiger partial charge in [-0.3, -0.25) is 0 Å². The van der Waals surface area contributed by atoms with Gasteiger partial charge in [0.05, 0.1) is 23.1 Å². The van der Waals surface area contributed by atoms with Crippen molar-refractivity contribution in [2.45, 2.75) is 23.8 Å². The Bertz CT molecular complexity index is 690. The van der Waals surface area contributed by atoms with E-state index in [0.29, 0.717) is 11.6 Å². The highest BCUT2D eigenvalue weighted by Gasteiger charge is 2.27. The van der Waals surface area contributed by atoms with E-state index < -0.39 is 9.05 Å². The molecule has 0 aliphatic heterocycles. The normalized spacial score (nSPS) is 15.8. The van der Waals surface area contributed by atoms with Crippen LogP contribution in [0.2, 0.25) is 0 Å². The van der Waals surface area contributed by atoms with E-state index in [4.69, 9.17) is 10.7 Å². The van der Waals surface area contributed by atoms with Gasteiger partial charge in [-0.25, -0.2) is 13.4 Å². The molecule has 3 rings (SSSR count). The fraction of sp³-hybridized carbons (Fsp3) is 0.250. The van der Waals surface area contributed by atoms with Gasteiger partial charge in [-0.2, -0.15) is 0 Å². The number of halogens is 1.